The van der Waals surface area contributed by atoms with Gasteiger partial charge in [-0.3, -0.25) is 4.79 Å². The summed E-state index contributed by atoms with van der Waals surface area (Å²) in [6, 6.07) is 5.63. The van der Waals surface area contributed by atoms with E-state index in [1.807, 2.05) is 18.2 Å². The molecule has 7 heteroatoms. The average Bonchev–Trinajstić information content (AvgIpc) is 2.86. The van der Waals surface area contributed by atoms with E-state index in [0.717, 1.165) is 12.0 Å². The Morgan fingerprint density at radius 3 is 2.96 bits per heavy atom. The predicted octanol–water partition coefficient (Wildman–Crippen LogP) is 1.75. The standard InChI is InChI=1S/C17H21NO5S/c1-22-15-5-2-4-14-11-18(7-3-8-23-17(14)15)16(19)10-13-6-9-24(20,21)12-13/h2,4-6,9,13H,3,7-8,10-12H2,1H3. The van der Waals surface area contributed by atoms with Gasteiger partial charge in [-0.15, -0.1) is 0 Å². The number of carbonyl (C=O) groups excluding carboxylic acids is 1. The number of amides is 1. The van der Waals surface area contributed by atoms with Gasteiger partial charge in [0, 0.05) is 36.4 Å². The van der Waals surface area contributed by atoms with Crippen LogP contribution < -0.4 is 9.47 Å². The monoisotopic (exact) mass is 351 g/mol. The van der Waals surface area contributed by atoms with Gasteiger partial charge < -0.3 is 14.4 Å². The highest BCUT2D eigenvalue weighted by atomic mass is 32.2. The Morgan fingerprint density at radius 1 is 1.42 bits per heavy atom. The van der Waals surface area contributed by atoms with E-state index in [9.17, 15) is 13.2 Å². The van der Waals surface area contributed by atoms with Gasteiger partial charge in [0.25, 0.3) is 0 Å². The molecule has 0 spiro atoms. The molecule has 1 unspecified atom stereocenters. The second-order valence-electron chi connectivity index (χ2n) is 6.09. The normalized spacial score (nSPS) is 22.2. The van der Waals surface area contributed by atoms with Crippen LogP contribution in [0.2, 0.25) is 0 Å². The minimum atomic E-state index is -3.13. The van der Waals surface area contributed by atoms with Crippen molar-refractivity contribution in [2.45, 2.75) is 19.4 Å². The van der Waals surface area contributed by atoms with E-state index in [1.54, 1.807) is 18.1 Å². The molecule has 0 N–H and O–H groups in total. The van der Waals surface area contributed by atoms with Crippen LogP contribution in [0.5, 0.6) is 11.5 Å². The maximum atomic E-state index is 12.6. The van der Waals surface area contributed by atoms with Gasteiger partial charge in [-0.1, -0.05) is 18.2 Å². The number of methoxy groups -OCH3 is 1. The Hall–Kier alpha value is -2.02. The highest BCUT2D eigenvalue weighted by molar-refractivity contribution is 7.94. The van der Waals surface area contributed by atoms with Crippen molar-refractivity contribution in [3.8, 4) is 11.5 Å². The van der Waals surface area contributed by atoms with Crippen LogP contribution >= 0.6 is 0 Å². The molecule has 24 heavy (non-hydrogen) atoms. The van der Waals surface area contributed by atoms with Crippen LogP contribution in [0.4, 0.5) is 0 Å². The summed E-state index contributed by atoms with van der Waals surface area (Å²) in [5.41, 5.74) is 0.900. The maximum absolute atomic E-state index is 12.6. The molecule has 0 saturated carbocycles. The van der Waals surface area contributed by atoms with E-state index in [1.165, 1.54) is 5.41 Å². The van der Waals surface area contributed by atoms with Gasteiger partial charge in [0.05, 0.1) is 19.5 Å². The van der Waals surface area contributed by atoms with Gasteiger partial charge in [0.2, 0.25) is 5.91 Å². The number of allylic oxidation sites excluding steroid dienone is 1. The third kappa shape index (κ3) is 3.72. The molecule has 2 heterocycles. The number of benzene rings is 1. The van der Waals surface area contributed by atoms with Gasteiger partial charge in [-0.2, -0.15) is 0 Å². The zero-order chi connectivity index (χ0) is 17.2. The highest BCUT2D eigenvalue weighted by Crippen LogP contribution is 2.33. The van der Waals surface area contributed by atoms with Crippen LogP contribution in [-0.4, -0.2) is 45.2 Å². The molecule has 1 aromatic carbocycles. The van der Waals surface area contributed by atoms with E-state index >= 15 is 0 Å². The van der Waals surface area contributed by atoms with Crippen molar-refractivity contribution in [3.05, 3.63) is 35.2 Å². The molecule has 0 aliphatic carbocycles. The summed E-state index contributed by atoms with van der Waals surface area (Å²) in [6.07, 6.45) is 2.56. The summed E-state index contributed by atoms with van der Waals surface area (Å²) in [6.45, 7) is 1.54. The number of hydrogen-bond donors (Lipinski definition) is 0. The Kier molecular flexibility index (Phi) is 4.80. The number of carbonyl (C=O) groups is 1. The lowest BCUT2D eigenvalue weighted by Crippen LogP contribution is -2.35. The van der Waals surface area contributed by atoms with Crippen LogP contribution in [0.1, 0.15) is 18.4 Å². The number of para-hydroxylation sites is 1. The smallest absolute Gasteiger partial charge is 0.223 e. The third-order valence-electron chi connectivity index (χ3n) is 4.25. The molecule has 0 radical (unpaired) electrons. The molecular formula is C17H21NO5S. The molecule has 130 valence electrons. The van der Waals surface area contributed by atoms with Gasteiger partial charge >= 0.3 is 0 Å². The Balaban J connectivity index is 1.74. The largest absolute Gasteiger partial charge is 0.493 e. The molecule has 0 aromatic heterocycles. The molecule has 2 aliphatic rings. The Morgan fingerprint density at radius 2 is 2.25 bits per heavy atom. The number of nitrogens with zero attached hydrogens (tertiary/aromatic N) is 1. The summed E-state index contributed by atoms with van der Waals surface area (Å²) in [4.78, 5) is 14.4. The molecule has 1 atom stereocenters. The van der Waals surface area contributed by atoms with Crippen molar-refractivity contribution >= 4 is 15.7 Å². The third-order valence-corrected chi connectivity index (χ3v) is 5.72. The lowest BCUT2D eigenvalue weighted by molar-refractivity contribution is -0.132. The molecule has 2 aliphatic heterocycles. The van der Waals surface area contributed by atoms with E-state index in [-0.39, 0.29) is 24.0 Å². The van der Waals surface area contributed by atoms with Crippen LogP contribution in [-0.2, 0) is 21.2 Å². The summed E-state index contributed by atoms with van der Waals surface area (Å²) < 4.78 is 34.1. The van der Waals surface area contributed by atoms with Crippen LogP contribution in [0, 0.1) is 5.92 Å². The molecule has 3 rings (SSSR count). The summed E-state index contributed by atoms with van der Waals surface area (Å²) in [5, 5.41) is 1.21. The number of ether oxygens (including phenoxy) is 2. The summed E-state index contributed by atoms with van der Waals surface area (Å²) in [5.74, 6) is 1.11. The van der Waals surface area contributed by atoms with Crippen molar-refractivity contribution < 1.29 is 22.7 Å². The van der Waals surface area contributed by atoms with Gasteiger partial charge in [-0.25, -0.2) is 8.42 Å². The van der Waals surface area contributed by atoms with E-state index in [0.29, 0.717) is 31.2 Å². The van der Waals surface area contributed by atoms with Gasteiger partial charge in [-0.05, 0) is 12.5 Å². The van der Waals surface area contributed by atoms with Crippen molar-refractivity contribution in [1.29, 1.82) is 0 Å². The lowest BCUT2D eigenvalue weighted by Gasteiger charge is -2.28. The predicted molar refractivity (Wildman–Crippen MR) is 89.6 cm³/mol. The first kappa shape index (κ1) is 16.8. The Labute approximate surface area is 142 Å². The summed E-state index contributed by atoms with van der Waals surface area (Å²) in [7, 11) is -1.54. The number of hydrogen-bond acceptors (Lipinski definition) is 5. The van der Waals surface area contributed by atoms with Crippen LogP contribution in [0.3, 0.4) is 0 Å². The van der Waals surface area contributed by atoms with Crippen LogP contribution in [0.15, 0.2) is 29.7 Å². The fourth-order valence-electron chi connectivity index (χ4n) is 3.06. The molecule has 1 aromatic rings. The second-order valence-corrected chi connectivity index (χ2v) is 8.02. The first-order valence-electron chi connectivity index (χ1n) is 7.96. The highest BCUT2D eigenvalue weighted by Gasteiger charge is 2.27. The zero-order valence-electron chi connectivity index (χ0n) is 13.6. The maximum Gasteiger partial charge on any atom is 0.223 e. The van der Waals surface area contributed by atoms with Crippen molar-refractivity contribution in [3.63, 3.8) is 0 Å². The van der Waals surface area contributed by atoms with Gasteiger partial charge in [0.15, 0.2) is 21.3 Å². The second kappa shape index (κ2) is 6.84. The van der Waals surface area contributed by atoms with Crippen LogP contribution in [0.25, 0.3) is 0 Å². The molecule has 0 saturated heterocycles. The lowest BCUT2D eigenvalue weighted by atomic mass is 10.1. The minimum absolute atomic E-state index is 0.0279. The average molecular weight is 351 g/mol. The van der Waals surface area contributed by atoms with Crippen molar-refractivity contribution in [2.24, 2.45) is 5.92 Å². The zero-order valence-corrected chi connectivity index (χ0v) is 14.4. The van der Waals surface area contributed by atoms with E-state index in [2.05, 4.69) is 0 Å². The summed E-state index contributed by atoms with van der Waals surface area (Å²) >= 11 is 0. The fourth-order valence-corrected chi connectivity index (χ4v) is 4.46. The quantitative estimate of drug-likeness (QED) is 0.830. The molecular weight excluding hydrogens is 330 g/mol. The number of sulfone groups is 1. The number of fused-ring (bicyclic) bond motifs is 1. The van der Waals surface area contributed by atoms with Crippen molar-refractivity contribution in [2.75, 3.05) is 26.0 Å². The number of rotatable bonds is 3. The molecule has 0 fully saturated rings. The minimum Gasteiger partial charge on any atom is -0.493 e. The molecule has 6 nitrogen and oxygen atoms in total. The van der Waals surface area contributed by atoms with E-state index < -0.39 is 9.84 Å². The topological polar surface area (TPSA) is 72.9 Å². The molecule has 1 amide bonds. The molecule has 0 bridgehead atoms. The van der Waals surface area contributed by atoms with E-state index in [4.69, 9.17) is 9.47 Å². The first-order valence-corrected chi connectivity index (χ1v) is 9.67. The van der Waals surface area contributed by atoms with Crippen molar-refractivity contribution in [1.82, 2.24) is 4.90 Å². The van der Waals surface area contributed by atoms with Gasteiger partial charge in [0.1, 0.15) is 0 Å². The first-order chi connectivity index (χ1) is 11.5. The Bertz CT molecular complexity index is 756. The SMILES string of the molecule is COc1cccc2c1OCCCN(C(=O)CC1C=CS(=O)(=O)C1)C2. The fraction of sp³-hybridized carbons (Fsp3) is 0.471.